The predicted molar refractivity (Wildman–Crippen MR) is 102 cm³/mol. The highest BCUT2D eigenvalue weighted by molar-refractivity contribution is 6.02. The molecule has 0 N–H and O–H groups in total. The number of nitrogens with zero attached hydrogens (tertiary/aromatic N) is 5. The number of hydrogen-bond acceptors (Lipinski definition) is 5. The Labute approximate surface area is 159 Å². The van der Waals surface area contributed by atoms with Crippen LogP contribution in [-0.4, -0.2) is 26.1 Å². The molecule has 0 bridgehead atoms. The fourth-order valence-electron chi connectivity index (χ4n) is 3.64. The van der Waals surface area contributed by atoms with E-state index in [1.165, 1.54) is 12.1 Å². The summed E-state index contributed by atoms with van der Waals surface area (Å²) in [5.41, 5.74) is 4.09. The molecule has 1 aliphatic heterocycles. The van der Waals surface area contributed by atoms with Gasteiger partial charge in [0.25, 0.3) is 0 Å². The maximum atomic E-state index is 13.7. The standard InChI is InChI=1S/C21H14FN5O/c22-16-1-2-17-15(7-16)9-24-18(21(17)14-4-6-25-26-10-14)12-27-19-11-23-5-3-13(19)8-20(27)28/h1-7,9-11H,8,12H2. The van der Waals surface area contributed by atoms with Crippen molar-refractivity contribution in [3.63, 3.8) is 0 Å². The van der Waals surface area contributed by atoms with Gasteiger partial charge in [0.1, 0.15) is 5.82 Å². The average molecular weight is 371 g/mol. The molecule has 0 unspecified atom stereocenters. The number of anilines is 1. The molecule has 7 heteroatoms. The van der Waals surface area contributed by atoms with E-state index in [0.29, 0.717) is 24.0 Å². The highest BCUT2D eigenvalue weighted by Gasteiger charge is 2.28. The number of pyridine rings is 2. The van der Waals surface area contributed by atoms with Gasteiger partial charge in [0, 0.05) is 28.9 Å². The number of aromatic nitrogens is 4. The zero-order valence-electron chi connectivity index (χ0n) is 14.7. The predicted octanol–water partition coefficient (Wildman–Crippen LogP) is 3.32. The molecule has 0 aliphatic carbocycles. The maximum Gasteiger partial charge on any atom is 0.231 e. The summed E-state index contributed by atoms with van der Waals surface area (Å²) in [5.74, 6) is -0.321. The minimum absolute atomic E-state index is 0.00260. The van der Waals surface area contributed by atoms with Gasteiger partial charge in [-0.3, -0.25) is 14.8 Å². The third-order valence-electron chi connectivity index (χ3n) is 4.93. The summed E-state index contributed by atoms with van der Waals surface area (Å²) < 4.78 is 13.7. The van der Waals surface area contributed by atoms with E-state index in [-0.39, 0.29) is 11.7 Å². The molecule has 6 nitrogen and oxygen atoms in total. The first-order valence-corrected chi connectivity index (χ1v) is 8.78. The van der Waals surface area contributed by atoms with Crippen LogP contribution in [0.1, 0.15) is 11.3 Å². The first kappa shape index (κ1) is 16.4. The van der Waals surface area contributed by atoms with Gasteiger partial charge in [-0.05, 0) is 35.2 Å². The van der Waals surface area contributed by atoms with Crippen molar-refractivity contribution >= 4 is 22.4 Å². The molecule has 0 atom stereocenters. The molecule has 4 heterocycles. The third-order valence-corrected chi connectivity index (χ3v) is 4.93. The summed E-state index contributed by atoms with van der Waals surface area (Å²) in [4.78, 5) is 23.0. The number of fused-ring (bicyclic) bond motifs is 2. The summed E-state index contributed by atoms with van der Waals surface area (Å²) in [6.45, 7) is 0.294. The number of rotatable bonds is 3. The van der Waals surface area contributed by atoms with Crippen LogP contribution >= 0.6 is 0 Å². The Morgan fingerprint density at radius 2 is 1.96 bits per heavy atom. The molecule has 0 fully saturated rings. The fraction of sp³-hybridized carbons (Fsp3) is 0.0952. The summed E-state index contributed by atoms with van der Waals surface area (Å²) in [6.07, 6.45) is 8.61. The third kappa shape index (κ3) is 2.68. The zero-order valence-corrected chi connectivity index (χ0v) is 14.7. The van der Waals surface area contributed by atoms with Gasteiger partial charge in [-0.15, -0.1) is 0 Å². The number of amides is 1. The van der Waals surface area contributed by atoms with Crippen LogP contribution in [-0.2, 0) is 17.8 Å². The van der Waals surface area contributed by atoms with E-state index >= 15 is 0 Å². The Morgan fingerprint density at radius 3 is 2.82 bits per heavy atom. The lowest BCUT2D eigenvalue weighted by Gasteiger charge is -2.19. The Bertz CT molecular complexity index is 1210. The van der Waals surface area contributed by atoms with Crippen molar-refractivity contribution in [1.82, 2.24) is 20.2 Å². The molecular weight excluding hydrogens is 357 g/mol. The topological polar surface area (TPSA) is 71.9 Å². The second-order valence-electron chi connectivity index (χ2n) is 6.60. The number of carbonyl (C=O) groups excluding carboxylic acids is 1. The first-order valence-electron chi connectivity index (χ1n) is 8.78. The van der Waals surface area contributed by atoms with Gasteiger partial charge in [0.15, 0.2) is 0 Å². The van der Waals surface area contributed by atoms with Crippen molar-refractivity contribution in [2.45, 2.75) is 13.0 Å². The van der Waals surface area contributed by atoms with Crippen molar-refractivity contribution in [2.24, 2.45) is 0 Å². The highest BCUT2D eigenvalue weighted by Crippen LogP contribution is 2.34. The lowest BCUT2D eigenvalue weighted by molar-refractivity contribution is -0.117. The number of carbonyl (C=O) groups is 1. The van der Waals surface area contributed by atoms with Crippen molar-refractivity contribution in [3.05, 3.63) is 78.4 Å². The normalized spacial score (nSPS) is 13.2. The monoisotopic (exact) mass is 371 g/mol. The van der Waals surface area contributed by atoms with Crippen LogP contribution in [0, 0.1) is 5.82 Å². The van der Waals surface area contributed by atoms with E-state index in [2.05, 4.69) is 20.2 Å². The Kier molecular flexibility index (Phi) is 3.79. The maximum absolute atomic E-state index is 13.7. The van der Waals surface area contributed by atoms with Gasteiger partial charge in [0.2, 0.25) is 5.91 Å². The van der Waals surface area contributed by atoms with Crippen LogP contribution in [0.2, 0.25) is 0 Å². The second kappa shape index (κ2) is 6.45. The lowest BCUT2D eigenvalue weighted by Crippen LogP contribution is -2.27. The van der Waals surface area contributed by atoms with Gasteiger partial charge < -0.3 is 4.90 Å². The molecule has 28 heavy (non-hydrogen) atoms. The fourth-order valence-corrected chi connectivity index (χ4v) is 3.64. The minimum atomic E-state index is -0.324. The van der Waals surface area contributed by atoms with Crippen molar-refractivity contribution in [3.8, 4) is 11.1 Å². The first-order chi connectivity index (χ1) is 13.7. The Hall–Kier alpha value is -3.74. The van der Waals surface area contributed by atoms with Crippen LogP contribution in [0.5, 0.6) is 0 Å². The van der Waals surface area contributed by atoms with Crippen LogP contribution in [0.3, 0.4) is 0 Å². The summed E-state index contributed by atoms with van der Waals surface area (Å²) in [6, 6.07) is 8.29. The molecule has 0 saturated carbocycles. The number of benzene rings is 1. The summed E-state index contributed by atoms with van der Waals surface area (Å²) in [5, 5.41) is 9.33. The van der Waals surface area contributed by atoms with E-state index in [0.717, 1.165) is 27.8 Å². The van der Waals surface area contributed by atoms with E-state index < -0.39 is 0 Å². The molecule has 4 aromatic rings. The van der Waals surface area contributed by atoms with Gasteiger partial charge in [-0.2, -0.15) is 10.2 Å². The lowest BCUT2D eigenvalue weighted by atomic mass is 9.98. The highest BCUT2D eigenvalue weighted by atomic mass is 19.1. The van der Waals surface area contributed by atoms with Crippen LogP contribution in [0.25, 0.3) is 21.9 Å². The molecule has 1 aliphatic rings. The minimum Gasteiger partial charge on any atom is -0.304 e. The SMILES string of the molecule is O=C1Cc2ccncc2N1Cc1ncc2cc(F)ccc2c1-c1ccnnc1. The zero-order chi connectivity index (χ0) is 19.1. The molecule has 3 aromatic heterocycles. The molecular formula is C21H14FN5O. The second-order valence-corrected chi connectivity index (χ2v) is 6.60. The van der Waals surface area contributed by atoms with E-state index in [4.69, 9.17) is 0 Å². The number of halogens is 1. The summed E-state index contributed by atoms with van der Waals surface area (Å²) in [7, 11) is 0. The Morgan fingerprint density at radius 1 is 1.04 bits per heavy atom. The van der Waals surface area contributed by atoms with Crippen LogP contribution < -0.4 is 4.90 Å². The summed E-state index contributed by atoms with van der Waals surface area (Å²) >= 11 is 0. The Balaban J connectivity index is 1.68. The van der Waals surface area contributed by atoms with E-state index in [1.54, 1.807) is 42.0 Å². The quantitative estimate of drug-likeness (QED) is 0.552. The largest absolute Gasteiger partial charge is 0.304 e. The molecule has 1 aromatic carbocycles. The average Bonchev–Trinajstić information content (AvgIpc) is 3.04. The van der Waals surface area contributed by atoms with Crippen molar-refractivity contribution < 1.29 is 9.18 Å². The molecule has 0 saturated heterocycles. The van der Waals surface area contributed by atoms with Crippen molar-refractivity contribution in [2.75, 3.05) is 4.90 Å². The van der Waals surface area contributed by atoms with Gasteiger partial charge in [-0.1, -0.05) is 6.07 Å². The van der Waals surface area contributed by atoms with E-state index in [1.807, 2.05) is 12.1 Å². The molecule has 0 radical (unpaired) electrons. The molecule has 5 rings (SSSR count). The molecule has 0 spiro atoms. The van der Waals surface area contributed by atoms with Gasteiger partial charge in [0.05, 0.1) is 42.9 Å². The van der Waals surface area contributed by atoms with Crippen LogP contribution in [0.4, 0.5) is 10.1 Å². The molecule has 136 valence electrons. The number of hydrogen-bond donors (Lipinski definition) is 0. The van der Waals surface area contributed by atoms with Crippen molar-refractivity contribution in [1.29, 1.82) is 0 Å². The van der Waals surface area contributed by atoms with Gasteiger partial charge >= 0.3 is 0 Å². The molecule has 1 amide bonds. The van der Waals surface area contributed by atoms with Crippen LogP contribution in [0.15, 0.2) is 61.3 Å². The van der Waals surface area contributed by atoms with E-state index in [9.17, 15) is 9.18 Å². The van der Waals surface area contributed by atoms with Gasteiger partial charge in [-0.25, -0.2) is 4.39 Å². The smallest absolute Gasteiger partial charge is 0.231 e.